The summed E-state index contributed by atoms with van der Waals surface area (Å²) in [6.07, 6.45) is 5.88. The molecule has 22 heavy (non-hydrogen) atoms. The molecule has 0 radical (unpaired) electrons. The van der Waals surface area contributed by atoms with E-state index in [0.29, 0.717) is 0 Å². The molecule has 1 spiro atoms. The van der Waals surface area contributed by atoms with Gasteiger partial charge in [0.05, 0.1) is 6.04 Å². The van der Waals surface area contributed by atoms with E-state index >= 15 is 0 Å². The molecule has 3 nitrogen and oxygen atoms in total. The van der Waals surface area contributed by atoms with Crippen LogP contribution in [0.25, 0.3) is 0 Å². The van der Waals surface area contributed by atoms with Gasteiger partial charge < -0.3 is 10.6 Å². The standard InChI is InChI=1S/C18H26N2O.ClH/c1-3-13(2)16(19)17(21)20-12-18(10-6-7-11-18)14-8-4-5-9-15(14)20;/h4-5,8-9,13,16H,3,6-7,10-12,19H2,1-2H3;1H. The molecular weight excluding hydrogens is 296 g/mol. The third-order valence-electron chi connectivity index (χ3n) is 5.60. The van der Waals surface area contributed by atoms with Crippen molar-refractivity contribution in [1.29, 1.82) is 0 Å². The summed E-state index contributed by atoms with van der Waals surface area (Å²) >= 11 is 0. The lowest BCUT2D eigenvalue weighted by Gasteiger charge is -2.27. The molecule has 1 aromatic rings. The molecule has 1 amide bonds. The van der Waals surface area contributed by atoms with Crippen LogP contribution in [0, 0.1) is 5.92 Å². The molecule has 1 aromatic carbocycles. The first-order valence-corrected chi connectivity index (χ1v) is 8.25. The van der Waals surface area contributed by atoms with Crippen LogP contribution >= 0.6 is 12.4 Å². The summed E-state index contributed by atoms with van der Waals surface area (Å²) < 4.78 is 0. The van der Waals surface area contributed by atoms with E-state index in [1.165, 1.54) is 31.2 Å². The molecule has 2 atom stereocenters. The van der Waals surface area contributed by atoms with E-state index in [4.69, 9.17) is 5.73 Å². The molecule has 0 bridgehead atoms. The normalized spacial score (nSPS) is 21.3. The highest BCUT2D eigenvalue weighted by Gasteiger charge is 2.46. The maximum absolute atomic E-state index is 12.8. The fourth-order valence-corrected chi connectivity index (χ4v) is 3.98. The summed E-state index contributed by atoms with van der Waals surface area (Å²) in [6, 6.07) is 8.04. The molecule has 3 rings (SSSR count). The predicted molar refractivity (Wildman–Crippen MR) is 93.6 cm³/mol. The zero-order chi connectivity index (χ0) is 15.0. The number of amides is 1. The van der Waals surface area contributed by atoms with Gasteiger partial charge in [-0.05, 0) is 30.4 Å². The Bertz CT molecular complexity index is 540. The number of halogens is 1. The molecule has 1 fully saturated rings. The molecule has 0 aromatic heterocycles. The van der Waals surface area contributed by atoms with Crippen LogP contribution in [0.4, 0.5) is 5.69 Å². The van der Waals surface area contributed by atoms with E-state index in [9.17, 15) is 4.79 Å². The van der Waals surface area contributed by atoms with Crippen molar-refractivity contribution in [1.82, 2.24) is 0 Å². The zero-order valence-corrected chi connectivity index (χ0v) is 14.4. The molecule has 2 aliphatic rings. The van der Waals surface area contributed by atoms with Crippen LogP contribution in [0.2, 0.25) is 0 Å². The third kappa shape index (κ3) is 2.65. The van der Waals surface area contributed by atoms with Gasteiger partial charge in [0.2, 0.25) is 5.91 Å². The second-order valence-corrected chi connectivity index (χ2v) is 6.84. The summed E-state index contributed by atoms with van der Waals surface area (Å²) in [5.41, 5.74) is 8.87. The highest BCUT2D eigenvalue weighted by molar-refractivity contribution is 5.99. The molecule has 0 saturated heterocycles. The lowest BCUT2D eigenvalue weighted by Crippen LogP contribution is -2.48. The molecule has 2 N–H and O–H groups in total. The first-order valence-electron chi connectivity index (χ1n) is 8.25. The Morgan fingerprint density at radius 2 is 1.95 bits per heavy atom. The minimum atomic E-state index is -0.389. The second kappa shape index (κ2) is 6.59. The van der Waals surface area contributed by atoms with E-state index < -0.39 is 0 Å². The molecule has 2 unspecified atom stereocenters. The summed E-state index contributed by atoms with van der Waals surface area (Å²) in [5, 5.41) is 0. The van der Waals surface area contributed by atoms with Crippen LogP contribution in [-0.2, 0) is 10.2 Å². The van der Waals surface area contributed by atoms with Crippen molar-refractivity contribution in [3.8, 4) is 0 Å². The topological polar surface area (TPSA) is 46.3 Å². The molecule has 122 valence electrons. The van der Waals surface area contributed by atoms with Crippen molar-refractivity contribution < 1.29 is 4.79 Å². The van der Waals surface area contributed by atoms with E-state index in [1.54, 1.807) is 0 Å². The minimum Gasteiger partial charge on any atom is -0.320 e. The van der Waals surface area contributed by atoms with Crippen molar-refractivity contribution in [2.24, 2.45) is 11.7 Å². The summed E-state index contributed by atoms with van der Waals surface area (Å²) in [7, 11) is 0. The summed E-state index contributed by atoms with van der Waals surface area (Å²) in [5.74, 6) is 0.324. The van der Waals surface area contributed by atoms with Crippen LogP contribution in [-0.4, -0.2) is 18.5 Å². The number of carbonyl (C=O) groups excluding carboxylic acids is 1. The first kappa shape index (κ1) is 17.3. The SMILES string of the molecule is CCC(C)C(N)C(=O)N1CC2(CCCC2)c2ccccc21.Cl. The predicted octanol–water partition coefficient (Wildman–Crippen LogP) is 3.64. The molecule has 1 heterocycles. The van der Waals surface area contributed by atoms with E-state index in [0.717, 1.165) is 18.7 Å². The van der Waals surface area contributed by atoms with Gasteiger partial charge in [0.1, 0.15) is 0 Å². The first-order chi connectivity index (χ1) is 10.1. The second-order valence-electron chi connectivity index (χ2n) is 6.84. The van der Waals surface area contributed by atoms with Gasteiger partial charge in [0, 0.05) is 17.6 Å². The third-order valence-corrected chi connectivity index (χ3v) is 5.60. The van der Waals surface area contributed by atoms with Gasteiger partial charge in [0.25, 0.3) is 0 Å². The Hall–Kier alpha value is -1.06. The van der Waals surface area contributed by atoms with Gasteiger partial charge in [-0.15, -0.1) is 12.4 Å². The Morgan fingerprint density at radius 3 is 2.59 bits per heavy atom. The van der Waals surface area contributed by atoms with Crippen molar-refractivity contribution in [3.05, 3.63) is 29.8 Å². The average Bonchev–Trinajstić information content (AvgIpc) is 3.12. The maximum atomic E-state index is 12.8. The highest BCUT2D eigenvalue weighted by Crippen LogP contribution is 2.50. The van der Waals surface area contributed by atoms with E-state index in [-0.39, 0.29) is 35.7 Å². The summed E-state index contributed by atoms with van der Waals surface area (Å²) in [4.78, 5) is 14.8. The lowest BCUT2D eigenvalue weighted by molar-refractivity contribution is -0.120. The van der Waals surface area contributed by atoms with Gasteiger partial charge >= 0.3 is 0 Å². The molecular formula is C18H27ClN2O. The number of nitrogens with zero attached hydrogens (tertiary/aromatic N) is 1. The van der Waals surface area contributed by atoms with Crippen molar-refractivity contribution in [3.63, 3.8) is 0 Å². The summed E-state index contributed by atoms with van der Waals surface area (Å²) in [6.45, 7) is 4.99. The van der Waals surface area contributed by atoms with Crippen LogP contribution in [0.3, 0.4) is 0 Å². The fourth-order valence-electron chi connectivity index (χ4n) is 3.98. The number of benzene rings is 1. The van der Waals surface area contributed by atoms with E-state index in [1.807, 2.05) is 11.0 Å². The monoisotopic (exact) mass is 322 g/mol. The highest BCUT2D eigenvalue weighted by atomic mass is 35.5. The number of carbonyl (C=O) groups is 1. The van der Waals surface area contributed by atoms with Gasteiger partial charge in [-0.25, -0.2) is 0 Å². The number of fused-ring (bicyclic) bond motifs is 2. The van der Waals surface area contributed by atoms with Crippen LogP contribution < -0.4 is 10.6 Å². The fraction of sp³-hybridized carbons (Fsp3) is 0.611. The van der Waals surface area contributed by atoms with E-state index in [2.05, 4.69) is 32.0 Å². The van der Waals surface area contributed by atoms with Crippen molar-refractivity contribution in [2.75, 3.05) is 11.4 Å². The van der Waals surface area contributed by atoms with Crippen LogP contribution in [0.1, 0.15) is 51.5 Å². The van der Waals surface area contributed by atoms with Crippen molar-refractivity contribution in [2.45, 2.75) is 57.4 Å². The number of rotatable bonds is 3. The molecule has 1 saturated carbocycles. The van der Waals surface area contributed by atoms with Gasteiger partial charge in [0.15, 0.2) is 0 Å². The number of hydrogen-bond acceptors (Lipinski definition) is 2. The number of para-hydroxylation sites is 1. The Morgan fingerprint density at radius 1 is 1.32 bits per heavy atom. The van der Waals surface area contributed by atoms with Crippen LogP contribution in [0.15, 0.2) is 24.3 Å². The Labute approximate surface area is 139 Å². The van der Waals surface area contributed by atoms with Crippen molar-refractivity contribution >= 4 is 24.0 Å². The van der Waals surface area contributed by atoms with Crippen LogP contribution in [0.5, 0.6) is 0 Å². The largest absolute Gasteiger partial charge is 0.320 e. The average molecular weight is 323 g/mol. The lowest BCUT2D eigenvalue weighted by atomic mass is 9.81. The number of nitrogens with two attached hydrogens (primary N) is 1. The smallest absolute Gasteiger partial charge is 0.244 e. The Balaban J connectivity index is 0.00000176. The van der Waals surface area contributed by atoms with Gasteiger partial charge in [-0.1, -0.05) is 51.3 Å². The minimum absolute atomic E-state index is 0. The zero-order valence-electron chi connectivity index (χ0n) is 13.5. The quantitative estimate of drug-likeness (QED) is 0.923. The number of anilines is 1. The Kier molecular flexibility index (Phi) is 5.18. The molecule has 1 aliphatic carbocycles. The maximum Gasteiger partial charge on any atom is 0.244 e. The molecule has 4 heteroatoms. The number of hydrogen-bond donors (Lipinski definition) is 1. The van der Waals surface area contributed by atoms with Gasteiger partial charge in [-0.2, -0.15) is 0 Å². The van der Waals surface area contributed by atoms with Gasteiger partial charge in [-0.3, -0.25) is 4.79 Å². The molecule has 1 aliphatic heterocycles.